The Morgan fingerprint density at radius 1 is 1.58 bits per heavy atom. The monoisotopic (exact) mass is 187 g/mol. The van der Waals surface area contributed by atoms with Crippen LogP contribution in [0.25, 0.3) is 0 Å². The van der Waals surface area contributed by atoms with Gasteiger partial charge in [-0.3, -0.25) is 0 Å². The fourth-order valence-corrected chi connectivity index (χ4v) is 1.29. The molecule has 0 amide bonds. The van der Waals surface area contributed by atoms with Gasteiger partial charge in [-0.05, 0) is 24.7 Å². The zero-order valence-electron chi connectivity index (χ0n) is 6.85. The molecule has 0 fully saturated rings. The van der Waals surface area contributed by atoms with Crippen molar-refractivity contribution in [3.63, 3.8) is 0 Å². The third-order valence-electron chi connectivity index (χ3n) is 1.59. The van der Waals surface area contributed by atoms with E-state index in [9.17, 15) is 4.39 Å². The lowest BCUT2D eigenvalue weighted by molar-refractivity contribution is 0.624. The van der Waals surface area contributed by atoms with Crippen LogP contribution in [0.3, 0.4) is 0 Å². The molecule has 66 valence electrons. The lowest BCUT2D eigenvalue weighted by atomic mass is 10.1. The molecule has 0 aromatic heterocycles. The van der Waals surface area contributed by atoms with Crippen molar-refractivity contribution in [2.75, 3.05) is 13.6 Å². The maximum absolute atomic E-state index is 12.7. The van der Waals surface area contributed by atoms with Crippen molar-refractivity contribution in [2.24, 2.45) is 0 Å². The van der Waals surface area contributed by atoms with Crippen molar-refractivity contribution >= 4 is 11.6 Å². The quantitative estimate of drug-likeness (QED) is 0.717. The normalized spacial score (nSPS) is 12.9. The minimum absolute atomic E-state index is 0.161. The summed E-state index contributed by atoms with van der Waals surface area (Å²) in [6, 6.07) is 6.34. The van der Waals surface area contributed by atoms with Gasteiger partial charge in [-0.25, -0.2) is 4.39 Å². The Hall–Kier alpha value is -0.600. The number of likely N-dealkylation sites (N-methyl/N-ethyl adjacent to an activating group) is 1. The van der Waals surface area contributed by atoms with Gasteiger partial charge < -0.3 is 5.32 Å². The first kappa shape index (κ1) is 9.49. The SMILES string of the molecule is CNCC(Cl)c1cccc(F)c1. The third-order valence-corrected chi connectivity index (χ3v) is 2.00. The lowest BCUT2D eigenvalue weighted by Gasteiger charge is -2.08. The second-order valence-electron chi connectivity index (χ2n) is 2.58. The Morgan fingerprint density at radius 2 is 2.33 bits per heavy atom. The van der Waals surface area contributed by atoms with Crippen molar-refractivity contribution in [2.45, 2.75) is 5.38 Å². The smallest absolute Gasteiger partial charge is 0.123 e. The van der Waals surface area contributed by atoms with Crippen LogP contribution in [-0.4, -0.2) is 13.6 Å². The molecule has 1 nitrogen and oxygen atoms in total. The van der Waals surface area contributed by atoms with Gasteiger partial charge in [-0.15, -0.1) is 11.6 Å². The fraction of sp³-hybridized carbons (Fsp3) is 0.333. The van der Waals surface area contributed by atoms with Gasteiger partial charge in [0.2, 0.25) is 0 Å². The van der Waals surface area contributed by atoms with Crippen LogP contribution < -0.4 is 5.32 Å². The van der Waals surface area contributed by atoms with E-state index >= 15 is 0 Å². The molecule has 1 aromatic rings. The Balaban J connectivity index is 2.73. The largest absolute Gasteiger partial charge is 0.318 e. The Bertz CT molecular complexity index is 252. The van der Waals surface area contributed by atoms with E-state index in [0.717, 1.165) is 5.56 Å². The van der Waals surface area contributed by atoms with Gasteiger partial charge in [0.05, 0.1) is 5.38 Å². The second kappa shape index (κ2) is 4.43. The Morgan fingerprint density at radius 3 is 2.92 bits per heavy atom. The zero-order chi connectivity index (χ0) is 8.97. The highest BCUT2D eigenvalue weighted by Crippen LogP contribution is 2.19. The van der Waals surface area contributed by atoms with Gasteiger partial charge in [0.15, 0.2) is 0 Å². The predicted molar refractivity (Wildman–Crippen MR) is 48.9 cm³/mol. The second-order valence-corrected chi connectivity index (χ2v) is 3.11. The van der Waals surface area contributed by atoms with Gasteiger partial charge in [-0.2, -0.15) is 0 Å². The number of hydrogen-bond acceptors (Lipinski definition) is 1. The van der Waals surface area contributed by atoms with E-state index in [1.165, 1.54) is 12.1 Å². The van der Waals surface area contributed by atoms with E-state index in [0.29, 0.717) is 6.54 Å². The zero-order valence-corrected chi connectivity index (χ0v) is 7.61. The predicted octanol–water partition coefficient (Wildman–Crippen LogP) is 2.33. The molecule has 0 heterocycles. The fourth-order valence-electron chi connectivity index (χ4n) is 0.998. The summed E-state index contributed by atoms with van der Waals surface area (Å²) in [6.07, 6.45) is 0. The van der Waals surface area contributed by atoms with Crippen molar-refractivity contribution in [3.8, 4) is 0 Å². The summed E-state index contributed by atoms with van der Waals surface area (Å²) >= 11 is 5.95. The van der Waals surface area contributed by atoms with Crippen LogP contribution in [0, 0.1) is 5.82 Å². The van der Waals surface area contributed by atoms with Crippen LogP contribution in [0.5, 0.6) is 0 Å². The van der Waals surface area contributed by atoms with Crippen LogP contribution >= 0.6 is 11.6 Å². The Kier molecular flexibility index (Phi) is 3.50. The molecule has 0 spiro atoms. The molecule has 1 rings (SSSR count). The highest BCUT2D eigenvalue weighted by atomic mass is 35.5. The van der Waals surface area contributed by atoms with Crippen LogP contribution in [0.4, 0.5) is 4.39 Å². The molecular formula is C9H11ClFN. The topological polar surface area (TPSA) is 12.0 Å². The maximum atomic E-state index is 12.7. The highest BCUT2D eigenvalue weighted by molar-refractivity contribution is 6.21. The number of halogens is 2. The van der Waals surface area contributed by atoms with Crippen molar-refractivity contribution in [3.05, 3.63) is 35.6 Å². The summed E-state index contributed by atoms with van der Waals surface area (Å²) in [7, 11) is 1.81. The number of rotatable bonds is 3. The van der Waals surface area contributed by atoms with Crippen molar-refractivity contribution in [1.29, 1.82) is 0 Å². The maximum Gasteiger partial charge on any atom is 0.123 e. The average Bonchev–Trinajstić information content (AvgIpc) is 2.05. The first-order valence-corrected chi connectivity index (χ1v) is 4.22. The molecule has 0 aliphatic carbocycles. The highest BCUT2D eigenvalue weighted by Gasteiger charge is 2.06. The molecule has 0 bridgehead atoms. The Labute approximate surface area is 76.5 Å². The summed E-state index contributed by atoms with van der Waals surface area (Å²) in [5.74, 6) is -0.241. The average molecular weight is 188 g/mol. The van der Waals surface area contributed by atoms with E-state index < -0.39 is 0 Å². The van der Waals surface area contributed by atoms with E-state index in [1.807, 2.05) is 13.1 Å². The van der Waals surface area contributed by atoms with Crippen molar-refractivity contribution in [1.82, 2.24) is 5.32 Å². The van der Waals surface area contributed by atoms with Gasteiger partial charge in [0.25, 0.3) is 0 Å². The first-order valence-electron chi connectivity index (χ1n) is 3.78. The summed E-state index contributed by atoms with van der Waals surface area (Å²) < 4.78 is 12.7. The van der Waals surface area contributed by atoms with Crippen LogP contribution in [0.15, 0.2) is 24.3 Å². The summed E-state index contributed by atoms with van der Waals surface area (Å²) in [5.41, 5.74) is 0.811. The van der Waals surface area contributed by atoms with Crippen LogP contribution in [0.1, 0.15) is 10.9 Å². The molecular weight excluding hydrogens is 177 g/mol. The molecule has 1 aromatic carbocycles. The molecule has 0 aliphatic rings. The minimum Gasteiger partial charge on any atom is -0.318 e. The summed E-state index contributed by atoms with van der Waals surface area (Å²) in [6.45, 7) is 0.644. The molecule has 12 heavy (non-hydrogen) atoms. The molecule has 1 N–H and O–H groups in total. The summed E-state index contributed by atoms with van der Waals surface area (Å²) in [5, 5.41) is 2.77. The number of nitrogens with one attached hydrogen (secondary N) is 1. The van der Waals surface area contributed by atoms with E-state index in [-0.39, 0.29) is 11.2 Å². The van der Waals surface area contributed by atoms with E-state index in [1.54, 1.807) is 6.07 Å². The first-order chi connectivity index (χ1) is 5.74. The molecule has 1 unspecified atom stereocenters. The van der Waals surface area contributed by atoms with Crippen LogP contribution in [0.2, 0.25) is 0 Å². The van der Waals surface area contributed by atoms with Crippen LogP contribution in [-0.2, 0) is 0 Å². The van der Waals surface area contributed by atoms with Gasteiger partial charge in [0.1, 0.15) is 5.82 Å². The lowest BCUT2D eigenvalue weighted by Crippen LogP contribution is -2.13. The van der Waals surface area contributed by atoms with E-state index in [4.69, 9.17) is 11.6 Å². The number of hydrogen-bond donors (Lipinski definition) is 1. The van der Waals surface area contributed by atoms with Gasteiger partial charge in [-0.1, -0.05) is 12.1 Å². The minimum atomic E-state index is -0.241. The molecule has 0 aliphatic heterocycles. The molecule has 0 saturated heterocycles. The summed E-state index contributed by atoms with van der Waals surface area (Å²) in [4.78, 5) is 0. The van der Waals surface area contributed by atoms with Gasteiger partial charge in [0, 0.05) is 6.54 Å². The standard InChI is InChI=1S/C9H11ClFN/c1-12-6-9(10)7-3-2-4-8(11)5-7/h2-5,9,12H,6H2,1H3. The number of alkyl halides is 1. The third kappa shape index (κ3) is 2.47. The molecule has 3 heteroatoms. The number of benzene rings is 1. The van der Waals surface area contributed by atoms with E-state index in [2.05, 4.69) is 5.32 Å². The van der Waals surface area contributed by atoms with Gasteiger partial charge >= 0.3 is 0 Å². The molecule has 1 atom stereocenters. The van der Waals surface area contributed by atoms with Crippen molar-refractivity contribution < 1.29 is 4.39 Å². The molecule has 0 radical (unpaired) electrons. The molecule has 0 saturated carbocycles.